The second kappa shape index (κ2) is 6.36. The Morgan fingerprint density at radius 1 is 1.09 bits per heavy atom. The number of nitrogens with zero attached hydrogens (tertiary/aromatic N) is 4. The SMILES string of the molecule is N#Cc1cccc(N2CCN(C(=O)c3ccc(O)cc3)CC2)n1. The molecule has 1 aliphatic rings. The van der Waals surface area contributed by atoms with Crippen LogP contribution in [-0.2, 0) is 0 Å². The molecule has 0 radical (unpaired) electrons. The van der Waals surface area contributed by atoms with Crippen molar-refractivity contribution in [2.75, 3.05) is 31.1 Å². The average molecular weight is 308 g/mol. The van der Waals surface area contributed by atoms with Crippen molar-refractivity contribution in [3.8, 4) is 11.8 Å². The van der Waals surface area contributed by atoms with E-state index in [9.17, 15) is 9.90 Å². The predicted octanol–water partition coefficient (Wildman–Crippen LogP) is 1.62. The minimum atomic E-state index is -0.0385. The second-order valence-electron chi connectivity index (χ2n) is 5.32. The summed E-state index contributed by atoms with van der Waals surface area (Å²) in [5.41, 5.74) is 0.964. The first kappa shape index (κ1) is 14.9. The number of phenolic OH excluding ortho intramolecular Hbond substituents is 1. The molecule has 0 saturated carbocycles. The van der Waals surface area contributed by atoms with Gasteiger partial charge in [-0.15, -0.1) is 0 Å². The van der Waals surface area contributed by atoms with Crippen LogP contribution in [0.5, 0.6) is 5.75 Å². The Labute approximate surface area is 134 Å². The minimum absolute atomic E-state index is 0.0385. The highest BCUT2D eigenvalue weighted by molar-refractivity contribution is 5.94. The summed E-state index contributed by atoms with van der Waals surface area (Å²) < 4.78 is 0. The van der Waals surface area contributed by atoms with Gasteiger partial charge in [0.2, 0.25) is 0 Å². The zero-order valence-corrected chi connectivity index (χ0v) is 12.5. The topological polar surface area (TPSA) is 80.5 Å². The van der Waals surface area contributed by atoms with E-state index in [4.69, 9.17) is 5.26 Å². The summed E-state index contributed by atoms with van der Waals surface area (Å²) in [5, 5.41) is 18.2. The van der Waals surface area contributed by atoms with Crippen molar-refractivity contribution in [2.45, 2.75) is 0 Å². The number of benzene rings is 1. The lowest BCUT2D eigenvalue weighted by Crippen LogP contribution is -2.49. The van der Waals surface area contributed by atoms with Crippen LogP contribution >= 0.6 is 0 Å². The van der Waals surface area contributed by atoms with E-state index in [1.54, 1.807) is 23.1 Å². The molecule has 1 aromatic heterocycles. The van der Waals surface area contributed by atoms with Crippen LogP contribution < -0.4 is 4.90 Å². The highest BCUT2D eigenvalue weighted by Crippen LogP contribution is 2.17. The van der Waals surface area contributed by atoms with Gasteiger partial charge in [-0.25, -0.2) is 4.98 Å². The number of aromatic hydroxyl groups is 1. The first-order valence-electron chi connectivity index (χ1n) is 7.38. The van der Waals surface area contributed by atoms with Gasteiger partial charge in [-0.2, -0.15) is 5.26 Å². The summed E-state index contributed by atoms with van der Waals surface area (Å²) in [6, 6.07) is 13.7. The fourth-order valence-electron chi connectivity index (χ4n) is 2.59. The molecule has 1 fully saturated rings. The number of rotatable bonds is 2. The molecule has 6 nitrogen and oxygen atoms in total. The number of anilines is 1. The molecule has 1 aromatic carbocycles. The molecule has 0 unspecified atom stereocenters. The van der Waals surface area contributed by atoms with Crippen molar-refractivity contribution in [2.24, 2.45) is 0 Å². The van der Waals surface area contributed by atoms with Gasteiger partial charge in [0, 0.05) is 31.7 Å². The number of nitriles is 1. The molecule has 2 aromatic rings. The van der Waals surface area contributed by atoms with Crippen LogP contribution in [0.25, 0.3) is 0 Å². The number of hydrogen-bond acceptors (Lipinski definition) is 5. The molecular weight excluding hydrogens is 292 g/mol. The van der Waals surface area contributed by atoms with Gasteiger partial charge in [-0.1, -0.05) is 6.07 Å². The fraction of sp³-hybridized carbons (Fsp3) is 0.235. The van der Waals surface area contributed by atoms with Crippen LogP contribution in [-0.4, -0.2) is 47.1 Å². The number of piperazine rings is 1. The van der Waals surface area contributed by atoms with Gasteiger partial charge in [0.15, 0.2) is 0 Å². The molecular formula is C17H16N4O2. The van der Waals surface area contributed by atoms with Crippen molar-refractivity contribution < 1.29 is 9.90 Å². The Morgan fingerprint density at radius 2 is 1.78 bits per heavy atom. The van der Waals surface area contributed by atoms with E-state index in [0.29, 0.717) is 37.4 Å². The zero-order chi connectivity index (χ0) is 16.2. The normalized spacial score (nSPS) is 14.4. The van der Waals surface area contributed by atoms with E-state index in [0.717, 1.165) is 5.82 Å². The Bertz CT molecular complexity index is 744. The molecule has 116 valence electrons. The quantitative estimate of drug-likeness (QED) is 0.912. The number of pyridine rings is 1. The third-order valence-corrected chi connectivity index (χ3v) is 3.85. The monoisotopic (exact) mass is 308 g/mol. The van der Waals surface area contributed by atoms with Gasteiger partial charge in [-0.05, 0) is 36.4 Å². The van der Waals surface area contributed by atoms with Crippen LogP contribution in [0.2, 0.25) is 0 Å². The predicted molar refractivity (Wildman–Crippen MR) is 85.2 cm³/mol. The van der Waals surface area contributed by atoms with Crippen molar-refractivity contribution in [3.63, 3.8) is 0 Å². The molecule has 2 heterocycles. The minimum Gasteiger partial charge on any atom is -0.508 e. The van der Waals surface area contributed by atoms with Crippen LogP contribution in [0, 0.1) is 11.3 Å². The summed E-state index contributed by atoms with van der Waals surface area (Å²) in [6.07, 6.45) is 0. The maximum atomic E-state index is 12.4. The molecule has 1 aliphatic heterocycles. The van der Waals surface area contributed by atoms with Crippen molar-refractivity contribution in [3.05, 3.63) is 53.7 Å². The van der Waals surface area contributed by atoms with Crippen molar-refractivity contribution in [1.29, 1.82) is 5.26 Å². The van der Waals surface area contributed by atoms with E-state index in [2.05, 4.69) is 9.88 Å². The summed E-state index contributed by atoms with van der Waals surface area (Å²) in [6.45, 7) is 2.54. The van der Waals surface area contributed by atoms with E-state index in [1.807, 2.05) is 18.2 Å². The van der Waals surface area contributed by atoms with Crippen molar-refractivity contribution >= 4 is 11.7 Å². The molecule has 0 aliphatic carbocycles. The Hall–Kier alpha value is -3.07. The largest absolute Gasteiger partial charge is 0.508 e. The van der Waals surface area contributed by atoms with E-state index >= 15 is 0 Å². The third-order valence-electron chi connectivity index (χ3n) is 3.85. The summed E-state index contributed by atoms with van der Waals surface area (Å²) >= 11 is 0. The molecule has 1 amide bonds. The van der Waals surface area contributed by atoms with Crippen LogP contribution in [0.3, 0.4) is 0 Å². The van der Waals surface area contributed by atoms with E-state index < -0.39 is 0 Å². The summed E-state index contributed by atoms with van der Waals surface area (Å²) in [7, 11) is 0. The number of phenols is 1. The van der Waals surface area contributed by atoms with E-state index in [1.165, 1.54) is 12.1 Å². The van der Waals surface area contributed by atoms with E-state index in [-0.39, 0.29) is 11.7 Å². The highest BCUT2D eigenvalue weighted by Gasteiger charge is 2.22. The molecule has 1 saturated heterocycles. The lowest BCUT2D eigenvalue weighted by Gasteiger charge is -2.35. The number of carbonyl (C=O) groups excluding carboxylic acids is 1. The van der Waals surface area contributed by atoms with Gasteiger partial charge in [0.25, 0.3) is 5.91 Å². The van der Waals surface area contributed by atoms with Gasteiger partial charge in [0.05, 0.1) is 0 Å². The second-order valence-corrected chi connectivity index (χ2v) is 5.32. The molecule has 23 heavy (non-hydrogen) atoms. The maximum absolute atomic E-state index is 12.4. The zero-order valence-electron chi connectivity index (χ0n) is 12.5. The van der Waals surface area contributed by atoms with Crippen LogP contribution in [0.1, 0.15) is 16.1 Å². The molecule has 6 heteroatoms. The molecule has 0 spiro atoms. The first-order chi connectivity index (χ1) is 11.2. The van der Waals surface area contributed by atoms with Crippen LogP contribution in [0.15, 0.2) is 42.5 Å². The smallest absolute Gasteiger partial charge is 0.253 e. The van der Waals surface area contributed by atoms with Gasteiger partial charge < -0.3 is 14.9 Å². The standard InChI is InChI=1S/C17H16N4O2/c18-12-14-2-1-3-16(19-14)20-8-10-21(11-9-20)17(23)13-4-6-15(22)7-5-13/h1-7,22H,8-11H2. The van der Waals surface area contributed by atoms with Gasteiger partial charge in [-0.3, -0.25) is 4.79 Å². The molecule has 0 atom stereocenters. The van der Waals surface area contributed by atoms with Crippen molar-refractivity contribution in [1.82, 2.24) is 9.88 Å². The number of hydrogen-bond donors (Lipinski definition) is 1. The van der Waals surface area contributed by atoms with Gasteiger partial charge in [0.1, 0.15) is 23.3 Å². The summed E-state index contributed by atoms with van der Waals surface area (Å²) in [4.78, 5) is 20.6. The molecule has 3 rings (SSSR count). The third kappa shape index (κ3) is 3.24. The Kier molecular flexibility index (Phi) is 4.11. The summed E-state index contributed by atoms with van der Waals surface area (Å²) in [5.74, 6) is 0.874. The number of aromatic nitrogens is 1. The molecule has 1 N–H and O–H groups in total. The Balaban J connectivity index is 1.65. The maximum Gasteiger partial charge on any atom is 0.253 e. The van der Waals surface area contributed by atoms with Crippen LogP contribution in [0.4, 0.5) is 5.82 Å². The lowest BCUT2D eigenvalue weighted by molar-refractivity contribution is 0.0746. The number of amides is 1. The lowest BCUT2D eigenvalue weighted by atomic mass is 10.1. The Morgan fingerprint density at radius 3 is 2.43 bits per heavy atom. The van der Waals surface area contributed by atoms with Gasteiger partial charge >= 0.3 is 0 Å². The number of carbonyl (C=O) groups is 1. The average Bonchev–Trinajstić information content (AvgIpc) is 2.62. The highest BCUT2D eigenvalue weighted by atomic mass is 16.3. The molecule has 0 bridgehead atoms. The first-order valence-corrected chi connectivity index (χ1v) is 7.38. The fourth-order valence-corrected chi connectivity index (χ4v) is 2.59.